The van der Waals surface area contributed by atoms with E-state index in [4.69, 9.17) is 0 Å². The van der Waals surface area contributed by atoms with Gasteiger partial charge < -0.3 is 0 Å². The Bertz CT molecular complexity index is 1120. The van der Waals surface area contributed by atoms with Crippen LogP contribution in [0.4, 0.5) is 5.69 Å². The molecule has 0 radical (unpaired) electrons. The summed E-state index contributed by atoms with van der Waals surface area (Å²) in [5, 5.41) is 2.36. The van der Waals surface area contributed by atoms with Gasteiger partial charge >= 0.3 is 0 Å². The van der Waals surface area contributed by atoms with Crippen LogP contribution in [0.25, 0.3) is 16.5 Å². The highest BCUT2D eigenvalue weighted by Crippen LogP contribution is 2.33. The summed E-state index contributed by atoms with van der Waals surface area (Å²) in [6, 6.07) is 35.3. The highest BCUT2D eigenvalue weighted by atomic mass is 15.2. The summed E-state index contributed by atoms with van der Waals surface area (Å²) in [6.07, 6.45) is 0. The smallest absolute Gasteiger partial charge is 0.139 e. The van der Waals surface area contributed by atoms with E-state index in [1.807, 2.05) is 43.4 Å². The molecule has 4 aromatic rings. The van der Waals surface area contributed by atoms with Crippen molar-refractivity contribution in [1.29, 1.82) is 0 Å². The van der Waals surface area contributed by atoms with Crippen molar-refractivity contribution < 1.29 is 0 Å². The Morgan fingerprint density at radius 3 is 1.93 bits per heavy atom. The van der Waals surface area contributed by atoms with Gasteiger partial charge in [0.2, 0.25) is 0 Å². The lowest BCUT2D eigenvalue weighted by atomic mass is 10.0. The molecule has 2 heteroatoms. The van der Waals surface area contributed by atoms with Crippen molar-refractivity contribution in [2.24, 2.45) is 4.99 Å². The number of hydrogen-bond acceptors (Lipinski definition) is 1. The number of aliphatic imine (C=N–C) groups is 1. The minimum absolute atomic E-state index is 0.866. The molecule has 0 fully saturated rings. The molecule has 136 valence electrons. The number of nitrogens with zero attached hydrogens (tertiary/aromatic N) is 2. The van der Waals surface area contributed by atoms with Crippen molar-refractivity contribution in [3.63, 3.8) is 0 Å². The van der Waals surface area contributed by atoms with Crippen molar-refractivity contribution >= 4 is 28.0 Å². The molecule has 0 heterocycles. The second-order valence-electron chi connectivity index (χ2n) is 6.56. The highest BCUT2D eigenvalue weighted by Gasteiger charge is 2.21. The molecule has 0 aliphatic carbocycles. The van der Waals surface area contributed by atoms with Crippen LogP contribution in [-0.2, 0) is 0 Å². The van der Waals surface area contributed by atoms with Crippen LogP contribution in [0.5, 0.6) is 0 Å². The molecule has 0 amide bonds. The molecule has 4 aromatic carbocycles. The van der Waals surface area contributed by atoms with Crippen molar-refractivity contribution in [3.8, 4) is 0 Å². The van der Waals surface area contributed by atoms with E-state index in [0.717, 1.165) is 28.3 Å². The number of hydrogen-bond donors (Lipinski definition) is 0. The van der Waals surface area contributed by atoms with Gasteiger partial charge in [-0.1, -0.05) is 104 Å². The lowest BCUT2D eigenvalue weighted by Gasteiger charge is -2.29. The minimum Gasteiger partial charge on any atom is -0.294 e. The second kappa shape index (κ2) is 7.93. The monoisotopic (exact) mass is 362 g/mol. The predicted molar refractivity (Wildman–Crippen MR) is 121 cm³/mol. The van der Waals surface area contributed by atoms with Crippen molar-refractivity contribution in [1.82, 2.24) is 0 Å². The number of anilines is 1. The number of rotatable bonds is 4. The van der Waals surface area contributed by atoms with Gasteiger partial charge in [0.15, 0.2) is 0 Å². The van der Waals surface area contributed by atoms with Crippen molar-refractivity contribution in [2.75, 3.05) is 11.9 Å². The maximum Gasteiger partial charge on any atom is 0.139 e. The van der Waals surface area contributed by atoms with Crippen LogP contribution < -0.4 is 4.90 Å². The molecular weight excluding hydrogens is 340 g/mol. The van der Waals surface area contributed by atoms with Gasteiger partial charge in [-0.25, -0.2) is 0 Å². The third-order valence-electron chi connectivity index (χ3n) is 4.84. The van der Waals surface area contributed by atoms with Crippen molar-refractivity contribution in [3.05, 3.63) is 121 Å². The quantitative estimate of drug-likeness (QED) is 0.303. The van der Waals surface area contributed by atoms with Crippen LogP contribution >= 0.6 is 0 Å². The van der Waals surface area contributed by atoms with E-state index in [-0.39, 0.29) is 0 Å². The van der Waals surface area contributed by atoms with Crippen molar-refractivity contribution in [2.45, 2.75) is 0 Å². The molecule has 2 nitrogen and oxygen atoms in total. The number of amidine groups is 1. The van der Waals surface area contributed by atoms with Gasteiger partial charge in [0.25, 0.3) is 0 Å². The fraction of sp³-hybridized carbons (Fsp3) is 0.0385. The Hall–Kier alpha value is -3.65. The summed E-state index contributed by atoms with van der Waals surface area (Å²) in [4.78, 5) is 6.83. The van der Waals surface area contributed by atoms with Crippen LogP contribution in [0.3, 0.4) is 0 Å². The van der Waals surface area contributed by atoms with Gasteiger partial charge in [-0.2, -0.15) is 0 Å². The van der Waals surface area contributed by atoms with E-state index in [0.29, 0.717) is 0 Å². The van der Waals surface area contributed by atoms with Crippen LogP contribution in [0, 0.1) is 0 Å². The minimum atomic E-state index is 0.866. The Labute approximate surface area is 166 Å². The topological polar surface area (TPSA) is 15.6 Å². The third-order valence-corrected chi connectivity index (χ3v) is 4.84. The first-order chi connectivity index (χ1) is 13.8. The van der Waals surface area contributed by atoms with Gasteiger partial charge in [0.05, 0.1) is 5.69 Å². The van der Waals surface area contributed by atoms with E-state index in [9.17, 15) is 0 Å². The maximum atomic E-state index is 4.67. The average Bonchev–Trinajstić information content (AvgIpc) is 2.78. The zero-order chi connectivity index (χ0) is 19.3. The first-order valence-electron chi connectivity index (χ1n) is 9.34. The molecule has 4 rings (SSSR count). The Kier molecular flexibility index (Phi) is 5.03. The Morgan fingerprint density at radius 2 is 1.25 bits per heavy atom. The van der Waals surface area contributed by atoms with Gasteiger partial charge in [0.1, 0.15) is 5.84 Å². The molecule has 0 unspecified atom stereocenters. The third kappa shape index (κ3) is 3.33. The molecule has 28 heavy (non-hydrogen) atoms. The highest BCUT2D eigenvalue weighted by molar-refractivity contribution is 6.20. The summed E-state index contributed by atoms with van der Waals surface area (Å²) in [6.45, 7) is 4.45. The van der Waals surface area contributed by atoms with Crippen LogP contribution in [0.2, 0.25) is 0 Å². The zero-order valence-corrected chi connectivity index (χ0v) is 15.9. The van der Waals surface area contributed by atoms with Crippen LogP contribution in [0.15, 0.2) is 115 Å². The van der Waals surface area contributed by atoms with E-state index in [1.54, 1.807) is 0 Å². The first kappa shape index (κ1) is 17.7. The molecule has 0 atom stereocenters. The van der Waals surface area contributed by atoms with E-state index < -0.39 is 0 Å². The summed E-state index contributed by atoms with van der Waals surface area (Å²) < 4.78 is 0. The van der Waals surface area contributed by atoms with E-state index in [2.05, 4.69) is 83.2 Å². The molecule has 0 saturated heterocycles. The molecular formula is C26H22N2. The largest absolute Gasteiger partial charge is 0.294 e. The molecule has 0 aliphatic rings. The van der Waals surface area contributed by atoms with Gasteiger partial charge in [0, 0.05) is 23.7 Å². The molecule has 0 aliphatic heterocycles. The van der Waals surface area contributed by atoms with Crippen LogP contribution in [-0.4, -0.2) is 12.9 Å². The zero-order valence-electron chi connectivity index (χ0n) is 15.9. The predicted octanol–water partition coefficient (Wildman–Crippen LogP) is 6.39. The van der Waals surface area contributed by atoms with Gasteiger partial charge in [-0.15, -0.1) is 0 Å². The number of fused-ring (bicyclic) bond motifs is 1. The van der Waals surface area contributed by atoms with Gasteiger partial charge in [-0.05, 0) is 17.0 Å². The second-order valence-corrected chi connectivity index (χ2v) is 6.56. The first-order valence-corrected chi connectivity index (χ1v) is 9.34. The standard InChI is InChI=1S/C26H22N2/c1-20(21-12-5-3-6-13-21)28(26(27-2)23-15-7-4-8-16-23)25-19-11-17-22-14-9-10-18-24(22)25/h3-19H,1H2,2H3/b27-26-. The number of benzene rings is 4. The molecule has 0 spiro atoms. The Balaban J connectivity index is 1.95. The average molecular weight is 362 g/mol. The van der Waals surface area contributed by atoms with Crippen LogP contribution in [0.1, 0.15) is 11.1 Å². The maximum absolute atomic E-state index is 4.67. The lowest BCUT2D eigenvalue weighted by Crippen LogP contribution is -2.30. The van der Waals surface area contributed by atoms with E-state index >= 15 is 0 Å². The Morgan fingerprint density at radius 1 is 0.679 bits per heavy atom. The lowest BCUT2D eigenvalue weighted by molar-refractivity contribution is 1.30. The molecule has 0 aromatic heterocycles. The molecule has 0 N–H and O–H groups in total. The van der Waals surface area contributed by atoms with Gasteiger partial charge in [-0.3, -0.25) is 9.89 Å². The normalized spacial score (nSPS) is 11.4. The SMILES string of the molecule is C=C(c1ccccc1)N(/C(=N\C)c1ccccc1)c1cccc2ccccc12. The summed E-state index contributed by atoms with van der Waals surface area (Å²) in [7, 11) is 1.83. The summed E-state index contributed by atoms with van der Waals surface area (Å²) >= 11 is 0. The fourth-order valence-corrected chi connectivity index (χ4v) is 3.50. The summed E-state index contributed by atoms with van der Waals surface area (Å²) in [5.74, 6) is 0.866. The fourth-order valence-electron chi connectivity index (χ4n) is 3.50. The molecule has 0 saturated carbocycles. The summed E-state index contributed by atoms with van der Waals surface area (Å²) in [5.41, 5.74) is 4.07. The van der Waals surface area contributed by atoms with E-state index in [1.165, 1.54) is 10.8 Å². The molecule has 0 bridgehead atoms.